The lowest BCUT2D eigenvalue weighted by molar-refractivity contribution is -0.332. The van der Waals surface area contributed by atoms with Crippen molar-refractivity contribution in [2.45, 2.75) is 313 Å². The normalized spacial score (nSPS) is 24.0. The molecule has 11 atom stereocenters. The quantitative estimate of drug-likeness (QED) is 0.0171. The van der Waals surface area contributed by atoms with Gasteiger partial charge < -0.3 is 64.2 Å². The van der Waals surface area contributed by atoms with Crippen LogP contribution in [0.2, 0.25) is 0 Å². The van der Waals surface area contributed by atoms with Crippen molar-refractivity contribution >= 4 is 5.97 Å². The van der Waals surface area contributed by atoms with Crippen molar-refractivity contribution in [3.8, 4) is 0 Å². The molecule has 2 saturated heterocycles. The van der Waals surface area contributed by atoms with Gasteiger partial charge in [0.05, 0.1) is 26.4 Å². The summed E-state index contributed by atoms with van der Waals surface area (Å²) in [4.78, 5) is 13.1. The van der Waals surface area contributed by atoms with Gasteiger partial charge in [-0.05, 0) is 89.9 Å². The van der Waals surface area contributed by atoms with E-state index in [1.165, 1.54) is 135 Å². The Hall–Kier alpha value is -2.83. The van der Waals surface area contributed by atoms with Crippen LogP contribution in [0.1, 0.15) is 245 Å². The van der Waals surface area contributed by atoms with E-state index in [4.69, 9.17) is 28.4 Å². The Morgan fingerprint density at radius 2 is 0.783 bits per heavy atom. The maximum Gasteiger partial charge on any atom is 0.306 e. The molecule has 14 heteroatoms. The van der Waals surface area contributed by atoms with Crippen LogP contribution >= 0.6 is 0 Å². The summed E-state index contributed by atoms with van der Waals surface area (Å²) in [7, 11) is 0. The summed E-state index contributed by atoms with van der Waals surface area (Å²) in [6, 6.07) is 0. The lowest BCUT2D eigenvalue weighted by Gasteiger charge is -2.42. The van der Waals surface area contributed by atoms with Crippen LogP contribution in [0.5, 0.6) is 0 Å². The second-order valence-electron chi connectivity index (χ2n) is 22.9. The predicted molar refractivity (Wildman–Crippen MR) is 335 cm³/mol. The Morgan fingerprint density at radius 1 is 0.410 bits per heavy atom. The first-order valence-corrected chi connectivity index (χ1v) is 33.2. The Labute approximate surface area is 503 Å². The number of carbonyl (C=O) groups excluding carboxylic acids is 1. The second kappa shape index (κ2) is 54.6. The van der Waals surface area contributed by atoms with E-state index in [2.05, 4.69) is 98.9 Å². The van der Waals surface area contributed by atoms with Crippen molar-refractivity contribution in [1.82, 2.24) is 0 Å². The van der Waals surface area contributed by atoms with Gasteiger partial charge in [0.1, 0.15) is 54.9 Å². The van der Waals surface area contributed by atoms with E-state index in [1.54, 1.807) is 0 Å². The number of hydrogen-bond donors (Lipinski definition) is 7. The highest BCUT2D eigenvalue weighted by Crippen LogP contribution is 2.27. The lowest BCUT2D eigenvalue weighted by atomic mass is 9.98. The van der Waals surface area contributed by atoms with E-state index >= 15 is 0 Å². The van der Waals surface area contributed by atoms with E-state index in [-0.39, 0.29) is 25.6 Å². The van der Waals surface area contributed by atoms with Crippen LogP contribution in [0.3, 0.4) is 0 Å². The molecule has 2 fully saturated rings. The maximum absolute atomic E-state index is 13.1. The second-order valence-corrected chi connectivity index (χ2v) is 22.9. The molecule has 480 valence electrons. The average Bonchev–Trinajstić information content (AvgIpc) is 3.49. The van der Waals surface area contributed by atoms with Gasteiger partial charge in [-0.25, -0.2) is 0 Å². The van der Waals surface area contributed by atoms with E-state index in [0.717, 1.165) is 83.5 Å². The van der Waals surface area contributed by atoms with Crippen molar-refractivity contribution < 1.29 is 69.0 Å². The minimum atomic E-state index is -1.71. The zero-order valence-corrected chi connectivity index (χ0v) is 51.9. The van der Waals surface area contributed by atoms with Gasteiger partial charge in [-0.1, -0.05) is 234 Å². The van der Waals surface area contributed by atoms with Crippen LogP contribution < -0.4 is 0 Å². The van der Waals surface area contributed by atoms with Crippen LogP contribution in [0.25, 0.3) is 0 Å². The molecule has 0 aromatic rings. The molecule has 0 amide bonds. The molecule has 14 nitrogen and oxygen atoms in total. The highest BCUT2D eigenvalue weighted by atomic mass is 16.7. The minimum Gasteiger partial charge on any atom is -0.457 e. The molecular weight excluding hydrogens is 1050 g/mol. The number of rotatable bonds is 54. The number of unbranched alkanes of at least 4 members (excludes halogenated alkanes) is 26. The molecule has 0 bridgehead atoms. The standard InChI is InChI=1S/C69H120O14/c1-3-5-7-9-11-13-15-17-19-21-23-25-27-28-29-31-33-35-37-39-41-43-45-47-49-51-53-78-55-58(56-79-68-67(77)65(75)63(73)60(83-68)57-80-69-66(76)64(74)62(72)59(54-70)82-69)81-61(71)52-50-48-46-44-42-40-38-36-34-32-30-26-24-22-20-18-16-14-12-10-8-6-4-2/h6,8,12,14-15,17-18,20-21,23-24,26-28,58-60,62-70,72-77H,3-5,7,9-11,13,16,19,22,25,29-57H2,1-2H3/b8-6-,14-12-,17-15-,20-18-,23-21-,26-24-,28-27-. The molecule has 0 aromatic heterocycles. The van der Waals surface area contributed by atoms with Gasteiger partial charge in [-0.15, -0.1) is 0 Å². The van der Waals surface area contributed by atoms with Crippen molar-refractivity contribution in [2.75, 3.05) is 33.0 Å². The lowest BCUT2D eigenvalue weighted by Crippen LogP contribution is -2.61. The molecule has 0 saturated carbocycles. The smallest absolute Gasteiger partial charge is 0.306 e. The number of allylic oxidation sites excluding steroid dienone is 14. The zero-order valence-electron chi connectivity index (χ0n) is 51.9. The van der Waals surface area contributed by atoms with Crippen LogP contribution in [0, 0.1) is 0 Å². The largest absolute Gasteiger partial charge is 0.457 e. The first-order valence-electron chi connectivity index (χ1n) is 33.2. The van der Waals surface area contributed by atoms with Crippen LogP contribution in [-0.2, 0) is 33.2 Å². The van der Waals surface area contributed by atoms with Crippen molar-refractivity contribution in [1.29, 1.82) is 0 Å². The third-order valence-electron chi connectivity index (χ3n) is 15.4. The summed E-state index contributed by atoms with van der Waals surface area (Å²) >= 11 is 0. The Kier molecular flexibility index (Phi) is 50.1. The summed E-state index contributed by atoms with van der Waals surface area (Å²) < 4.78 is 34.5. The van der Waals surface area contributed by atoms with Gasteiger partial charge >= 0.3 is 5.97 Å². The summed E-state index contributed by atoms with van der Waals surface area (Å²) in [6.45, 7) is 3.57. The summed E-state index contributed by atoms with van der Waals surface area (Å²) in [5.41, 5.74) is 0. The fraction of sp³-hybridized carbons (Fsp3) is 0.783. The molecule has 0 aromatic carbocycles. The van der Waals surface area contributed by atoms with E-state index in [0.29, 0.717) is 13.0 Å². The third-order valence-corrected chi connectivity index (χ3v) is 15.4. The predicted octanol–water partition coefficient (Wildman–Crippen LogP) is 13.5. The molecule has 11 unspecified atom stereocenters. The monoisotopic (exact) mass is 1170 g/mol. The topological polar surface area (TPSA) is 214 Å². The van der Waals surface area contributed by atoms with E-state index in [1.807, 2.05) is 0 Å². The highest BCUT2D eigenvalue weighted by molar-refractivity contribution is 5.69. The van der Waals surface area contributed by atoms with Crippen molar-refractivity contribution in [3.63, 3.8) is 0 Å². The fourth-order valence-electron chi connectivity index (χ4n) is 10.1. The number of hydrogen-bond acceptors (Lipinski definition) is 14. The van der Waals surface area contributed by atoms with Gasteiger partial charge in [0.2, 0.25) is 0 Å². The average molecular weight is 1170 g/mol. The molecule has 2 aliphatic heterocycles. The van der Waals surface area contributed by atoms with Gasteiger partial charge in [0.15, 0.2) is 12.6 Å². The Balaban J connectivity index is 1.67. The molecule has 0 radical (unpaired) electrons. The minimum absolute atomic E-state index is 0.0545. The Morgan fingerprint density at radius 3 is 1.23 bits per heavy atom. The summed E-state index contributed by atoms with van der Waals surface area (Å²) in [6.07, 6.45) is 56.4. The number of aliphatic hydroxyl groups is 7. The molecule has 2 rings (SSSR count). The molecule has 0 spiro atoms. The number of aliphatic hydroxyl groups excluding tert-OH is 7. The summed E-state index contributed by atoms with van der Waals surface area (Å²) in [5, 5.41) is 72.6. The number of carbonyl (C=O) groups is 1. The molecule has 83 heavy (non-hydrogen) atoms. The first kappa shape index (κ1) is 76.3. The highest BCUT2D eigenvalue weighted by Gasteiger charge is 2.47. The number of esters is 1. The van der Waals surface area contributed by atoms with Crippen LogP contribution in [-0.4, -0.2) is 142 Å². The molecule has 2 aliphatic rings. The first-order chi connectivity index (χ1) is 40.6. The number of ether oxygens (including phenoxy) is 6. The molecular formula is C69H120O14. The SMILES string of the molecule is CC/C=C\C/C=C\C/C=C\C/C=C\CCCCCCCCCCCCC(=O)OC(COCCCCCCCCCCCCC/C=C\C/C=C\C/C=C\CCCCCCC)COC1OC(COC2OC(CO)C(O)C(O)C2O)C(O)C(O)C1O. The van der Waals surface area contributed by atoms with Gasteiger partial charge in [-0.3, -0.25) is 4.79 Å². The molecule has 2 heterocycles. The van der Waals surface area contributed by atoms with E-state index < -0.39 is 80.7 Å². The maximum atomic E-state index is 13.1. The Bertz CT molecular complexity index is 1690. The fourth-order valence-corrected chi connectivity index (χ4v) is 10.1. The summed E-state index contributed by atoms with van der Waals surface area (Å²) in [5.74, 6) is -0.382. The van der Waals surface area contributed by atoms with E-state index in [9.17, 15) is 40.5 Å². The molecule has 7 N–H and O–H groups in total. The third kappa shape index (κ3) is 40.3. The van der Waals surface area contributed by atoms with Gasteiger partial charge in [0.25, 0.3) is 0 Å². The van der Waals surface area contributed by atoms with Crippen molar-refractivity contribution in [3.05, 3.63) is 85.1 Å². The van der Waals surface area contributed by atoms with Crippen LogP contribution in [0.4, 0.5) is 0 Å². The molecule has 0 aliphatic carbocycles. The van der Waals surface area contributed by atoms with Crippen LogP contribution in [0.15, 0.2) is 85.1 Å². The van der Waals surface area contributed by atoms with Gasteiger partial charge in [0, 0.05) is 13.0 Å². The van der Waals surface area contributed by atoms with Crippen molar-refractivity contribution in [2.24, 2.45) is 0 Å². The van der Waals surface area contributed by atoms with Gasteiger partial charge in [-0.2, -0.15) is 0 Å². The zero-order chi connectivity index (χ0) is 60.1.